The van der Waals surface area contributed by atoms with E-state index >= 15 is 0 Å². The molecule has 0 aliphatic carbocycles. The van der Waals surface area contributed by atoms with Gasteiger partial charge in [0.05, 0.1) is 6.61 Å². The fourth-order valence-electron chi connectivity index (χ4n) is 0.971. The molecule has 0 radical (unpaired) electrons. The van der Waals surface area contributed by atoms with Crippen molar-refractivity contribution in [3.05, 3.63) is 0 Å². The van der Waals surface area contributed by atoms with Gasteiger partial charge in [-0.25, -0.2) is 0 Å². The molecule has 54 valence electrons. The van der Waals surface area contributed by atoms with Gasteiger partial charge in [0.15, 0.2) is 0 Å². The second kappa shape index (κ2) is 3.44. The Bertz CT molecular complexity index is 89.1. The van der Waals surface area contributed by atoms with E-state index in [2.05, 4.69) is 6.26 Å². The van der Waals surface area contributed by atoms with Gasteiger partial charge in [-0.1, -0.05) is 0 Å². The van der Waals surface area contributed by atoms with Crippen LogP contribution < -0.4 is 5.73 Å². The van der Waals surface area contributed by atoms with Crippen LogP contribution in [-0.4, -0.2) is 30.8 Å². The topological polar surface area (TPSA) is 35.2 Å². The molecule has 9 heavy (non-hydrogen) atoms. The Kier molecular flexibility index (Phi) is 2.82. The molecule has 3 heteroatoms. The van der Waals surface area contributed by atoms with Crippen LogP contribution in [0, 0.1) is 0 Å². The lowest BCUT2D eigenvalue weighted by molar-refractivity contribution is 0.0917. The molecular weight excluding hydrogens is 134 g/mol. The molecule has 1 saturated heterocycles. The maximum Gasteiger partial charge on any atom is 0.0599 e. The van der Waals surface area contributed by atoms with E-state index in [0.29, 0.717) is 11.3 Å². The summed E-state index contributed by atoms with van der Waals surface area (Å²) in [5.74, 6) is 0. The summed E-state index contributed by atoms with van der Waals surface area (Å²) in [6.07, 6.45) is 3.10. The second-order valence-corrected chi connectivity index (χ2v) is 3.38. The molecule has 2 N–H and O–H groups in total. The maximum absolute atomic E-state index is 5.79. The Morgan fingerprint density at radius 1 is 1.67 bits per heavy atom. The number of hydrogen-bond donors (Lipinski definition) is 1. The van der Waals surface area contributed by atoms with Crippen molar-refractivity contribution < 1.29 is 4.74 Å². The molecule has 1 heterocycles. The lowest BCUT2D eigenvalue weighted by atomic mass is 10.1. The molecule has 0 saturated carbocycles. The van der Waals surface area contributed by atoms with Gasteiger partial charge in [0.1, 0.15) is 0 Å². The molecule has 1 fully saturated rings. The number of thioether (sulfide) groups is 1. The van der Waals surface area contributed by atoms with Crippen LogP contribution in [0.15, 0.2) is 0 Å². The third kappa shape index (κ3) is 1.85. The minimum Gasteiger partial charge on any atom is -0.380 e. The molecule has 2 unspecified atom stereocenters. The molecular formula is C6H13NOS. The Balaban J connectivity index is 2.30. The van der Waals surface area contributed by atoms with Crippen LogP contribution in [-0.2, 0) is 4.74 Å². The fraction of sp³-hybridized carbons (Fsp3) is 1.00. The van der Waals surface area contributed by atoms with Crippen LogP contribution in [0.25, 0.3) is 0 Å². The predicted molar refractivity (Wildman–Crippen MR) is 40.7 cm³/mol. The van der Waals surface area contributed by atoms with Gasteiger partial charge in [0, 0.05) is 17.9 Å². The van der Waals surface area contributed by atoms with Gasteiger partial charge in [0.2, 0.25) is 0 Å². The highest BCUT2D eigenvalue weighted by Crippen LogP contribution is 2.16. The molecule has 0 spiro atoms. The van der Waals surface area contributed by atoms with Crippen molar-refractivity contribution in [1.82, 2.24) is 0 Å². The molecule has 1 aliphatic heterocycles. The summed E-state index contributed by atoms with van der Waals surface area (Å²) < 4.78 is 5.24. The first-order valence-electron chi connectivity index (χ1n) is 3.20. The summed E-state index contributed by atoms with van der Waals surface area (Å²) in [6.45, 7) is 1.68. The van der Waals surface area contributed by atoms with Crippen LogP contribution >= 0.6 is 11.8 Å². The van der Waals surface area contributed by atoms with Gasteiger partial charge >= 0.3 is 0 Å². The van der Waals surface area contributed by atoms with E-state index < -0.39 is 0 Å². The van der Waals surface area contributed by atoms with Crippen LogP contribution in [0.2, 0.25) is 0 Å². The van der Waals surface area contributed by atoms with E-state index in [9.17, 15) is 0 Å². The average Bonchev–Trinajstić information content (AvgIpc) is 1.89. The maximum atomic E-state index is 5.79. The lowest BCUT2D eigenvalue weighted by Crippen LogP contribution is -2.40. The number of ether oxygens (including phenoxy) is 1. The van der Waals surface area contributed by atoms with E-state index in [1.54, 1.807) is 11.8 Å². The van der Waals surface area contributed by atoms with Crippen molar-refractivity contribution >= 4 is 11.8 Å². The van der Waals surface area contributed by atoms with Crippen molar-refractivity contribution in [3.63, 3.8) is 0 Å². The van der Waals surface area contributed by atoms with Gasteiger partial charge in [-0.2, -0.15) is 11.8 Å². The second-order valence-electron chi connectivity index (χ2n) is 2.30. The summed E-state index contributed by atoms with van der Waals surface area (Å²) in [7, 11) is 0. The molecule has 0 bridgehead atoms. The number of nitrogens with two attached hydrogens (primary N) is 1. The molecule has 0 aromatic carbocycles. The van der Waals surface area contributed by atoms with E-state index in [4.69, 9.17) is 10.5 Å². The predicted octanol–water partition coefficient (Wildman–Crippen LogP) is 0.466. The lowest BCUT2D eigenvalue weighted by Gasteiger charge is -2.26. The molecule has 2 atom stereocenters. The van der Waals surface area contributed by atoms with E-state index in [1.165, 1.54) is 0 Å². The molecule has 0 aromatic rings. The van der Waals surface area contributed by atoms with Crippen molar-refractivity contribution in [1.29, 1.82) is 0 Å². The summed E-state index contributed by atoms with van der Waals surface area (Å²) >= 11 is 1.80. The van der Waals surface area contributed by atoms with E-state index in [1.807, 2.05) is 0 Å². The van der Waals surface area contributed by atoms with Gasteiger partial charge in [0.25, 0.3) is 0 Å². The SMILES string of the molecule is CSC1COCCC1N. The monoisotopic (exact) mass is 147 g/mol. The van der Waals surface area contributed by atoms with E-state index in [-0.39, 0.29) is 0 Å². The third-order valence-corrected chi connectivity index (χ3v) is 2.75. The first kappa shape index (κ1) is 7.38. The Hall–Kier alpha value is 0.270. The van der Waals surface area contributed by atoms with Gasteiger partial charge in [-0.3, -0.25) is 0 Å². The van der Waals surface area contributed by atoms with Crippen molar-refractivity contribution in [3.8, 4) is 0 Å². The Morgan fingerprint density at radius 3 is 2.89 bits per heavy atom. The first-order chi connectivity index (χ1) is 4.34. The fourth-order valence-corrected chi connectivity index (χ4v) is 1.69. The quantitative estimate of drug-likeness (QED) is 0.585. The van der Waals surface area contributed by atoms with Gasteiger partial charge in [-0.05, 0) is 12.7 Å². The standard InChI is InChI=1S/C6H13NOS/c1-9-6-4-8-3-2-5(6)7/h5-6H,2-4,7H2,1H3. The zero-order valence-electron chi connectivity index (χ0n) is 5.67. The zero-order valence-corrected chi connectivity index (χ0v) is 6.49. The minimum atomic E-state index is 0.355. The highest BCUT2D eigenvalue weighted by Gasteiger charge is 2.20. The Labute approximate surface area is 60.1 Å². The Morgan fingerprint density at radius 2 is 2.44 bits per heavy atom. The highest BCUT2D eigenvalue weighted by molar-refractivity contribution is 7.99. The molecule has 2 nitrogen and oxygen atoms in total. The highest BCUT2D eigenvalue weighted by atomic mass is 32.2. The third-order valence-electron chi connectivity index (χ3n) is 1.66. The van der Waals surface area contributed by atoms with Crippen molar-refractivity contribution in [2.45, 2.75) is 17.7 Å². The number of hydrogen-bond acceptors (Lipinski definition) is 3. The summed E-state index contributed by atoms with van der Waals surface area (Å²) in [4.78, 5) is 0. The molecule has 0 aromatic heterocycles. The van der Waals surface area contributed by atoms with Crippen LogP contribution in [0.3, 0.4) is 0 Å². The van der Waals surface area contributed by atoms with Crippen molar-refractivity contribution in [2.75, 3.05) is 19.5 Å². The van der Waals surface area contributed by atoms with Gasteiger partial charge < -0.3 is 10.5 Å². The van der Waals surface area contributed by atoms with Crippen molar-refractivity contribution in [2.24, 2.45) is 5.73 Å². The normalized spacial score (nSPS) is 36.7. The van der Waals surface area contributed by atoms with Gasteiger partial charge in [-0.15, -0.1) is 0 Å². The smallest absolute Gasteiger partial charge is 0.0599 e. The van der Waals surface area contributed by atoms with Crippen LogP contribution in [0.5, 0.6) is 0 Å². The van der Waals surface area contributed by atoms with Crippen LogP contribution in [0.1, 0.15) is 6.42 Å². The van der Waals surface area contributed by atoms with Crippen LogP contribution in [0.4, 0.5) is 0 Å². The number of rotatable bonds is 1. The summed E-state index contributed by atoms with van der Waals surface area (Å²) in [5, 5.41) is 0.527. The summed E-state index contributed by atoms with van der Waals surface area (Å²) in [5.41, 5.74) is 5.79. The molecule has 1 rings (SSSR count). The molecule has 1 aliphatic rings. The molecule has 0 amide bonds. The largest absolute Gasteiger partial charge is 0.380 e. The first-order valence-corrected chi connectivity index (χ1v) is 4.49. The zero-order chi connectivity index (χ0) is 6.69. The average molecular weight is 147 g/mol. The summed E-state index contributed by atoms with van der Waals surface area (Å²) in [6, 6.07) is 0.355. The minimum absolute atomic E-state index is 0.355. The van der Waals surface area contributed by atoms with E-state index in [0.717, 1.165) is 19.6 Å².